The first-order chi connectivity index (χ1) is 14.8. The van der Waals surface area contributed by atoms with E-state index in [-0.39, 0.29) is 0 Å². The first-order valence-electron chi connectivity index (χ1n) is 10.7. The Morgan fingerprint density at radius 2 is 1.71 bits per heavy atom. The van der Waals surface area contributed by atoms with Crippen LogP contribution in [0.5, 0.6) is 0 Å². The molecule has 3 aromatic carbocycles. The van der Waals surface area contributed by atoms with Gasteiger partial charge in [-0.1, -0.05) is 0 Å². The van der Waals surface area contributed by atoms with E-state index in [2.05, 4.69) is 93.7 Å². The molecule has 0 saturated heterocycles. The summed E-state index contributed by atoms with van der Waals surface area (Å²) in [6.07, 6.45) is 2.20. The second-order valence-electron chi connectivity index (χ2n) is 9.79. The van der Waals surface area contributed by atoms with Crippen LogP contribution in [0.15, 0.2) is 54.7 Å². The second-order valence-corrected chi connectivity index (χ2v) is 20.4. The summed E-state index contributed by atoms with van der Waals surface area (Å²) in [5.74, 6) is 7.39. The standard InChI is InChI=1S/C27H24GeN3/c1-16-7-9-20-21-15-19(29-5)8-10-22(21)31-23-14-18(28(2,3)4)13-17-11-12-30(6)27(25(17)23)24(16)26(20)31/h7-15H,1-4,6H3/q+1. The van der Waals surface area contributed by atoms with Crippen molar-refractivity contribution < 1.29 is 4.57 Å². The summed E-state index contributed by atoms with van der Waals surface area (Å²) < 4.78 is 6.26. The molecule has 31 heavy (non-hydrogen) atoms. The fourth-order valence-corrected chi connectivity index (χ4v) is 7.64. The molecular weight excluding hydrogens is 439 g/mol. The van der Waals surface area contributed by atoms with Crippen LogP contribution in [0.1, 0.15) is 5.56 Å². The van der Waals surface area contributed by atoms with Crippen molar-refractivity contribution in [3.8, 4) is 0 Å². The van der Waals surface area contributed by atoms with Crippen LogP contribution in [-0.4, -0.2) is 17.7 Å². The van der Waals surface area contributed by atoms with Crippen molar-refractivity contribution in [1.82, 2.24) is 4.40 Å². The average Bonchev–Trinajstić information content (AvgIpc) is 3.07. The topological polar surface area (TPSA) is 12.6 Å². The van der Waals surface area contributed by atoms with Crippen LogP contribution < -0.4 is 8.96 Å². The van der Waals surface area contributed by atoms with Crippen molar-refractivity contribution in [2.75, 3.05) is 0 Å². The molecular formula is C27H24GeN3+. The molecule has 6 aromatic rings. The van der Waals surface area contributed by atoms with Crippen molar-refractivity contribution >= 4 is 72.3 Å². The Labute approximate surface area is 184 Å². The van der Waals surface area contributed by atoms with Crippen molar-refractivity contribution in [3.05, 3.63) is 71.7 Å². The van der Waals surface area contributed by atoms with Crippen molar-refractivity contribution in [1.29, 1.82) is 0 Å². The van der Waals surface area contributed by atoms with E-state index in [0.29, 0.717) is 5.69 Å². The summed E-state index contributed by atoms with van der Waals surface area (Å²) in [4.78, 5) is 3.70. The molecule has 3 nitrogen and oxygen atoms in total. The molecule has 0 aliphatic heterocycles. The van der Waals surface area contributed by atoms with Crippen molar-refractivity contribution in [2.45, 2.75) is 24.2 Å². The third-order valence-corrected chi connectivity index (χ3v) is 11.0. The SMILES string of the molecule is [C-]#[N+]c1ccc2c(c1)c1ccc(C)c3c1n2c1c[c]([Ge]([CH3])([CH3])[CH3])cc2cc[n+](C)c3c21. The Kier molecular flexibility index (Phi) is 3.60. The van der Waals surface area contributed by atoms with E-state index in [9.17, 15) is 0 Å². The summed E-state index contributed by atoms with van der Waals surface area (Å²) in [6.45, 7) is 9.72. The van der Waals surface area contributed by atoms with Gasteiger partial charge in [0.05, 0.1) is 0 Å². The molecule has 0 N–H and O–H groups in total. The average molecular weight is 463 g/mol. The normalized spacial score (nSPS) is 12.6. The van der Waals surface area contributed by atoms with Gasteiger partial charge in [-0.05, 0) is 0 Å². The fourth-order valence-electron chi connectivity index (χ4n) is 5.21. The zero-order valence-corrected chi connectivity index (χ0v) is 20.6. The van der Waals surface area contributed by atoms with Gasteiger partial charge in [0.1, 0.15) is 0 Å². The van der Waals surface area contributed by atoms with Gasteiger partial charge >= 0.3 is 184 Å². The molecule has 0 bridgehead atoms. The molecule has 0 radical (unpaired) electrons. The van der Waals surface area contributed by atoms with E-state index in [1.165, 1.54) is 53.6 Å². The first kappa shape index (κ1) is 18.7. The number of benzene rings is 3. The molecule has 3 heterocycles. The summed E-state index contributed by atoms with van der Waals surface area (Å²) >= 11 is -2.06. The summed E-state index contributed by atoms with van der Waals surface area (Å²) in [5.41, 5.74) is 7.02. The fraction of sp³-hybridized carbons (Fsp3) is 0.185. The Balaban J connectivity index is 2.04. The maximum atomic E-state index is 7.51. The molecule has 0 saturated carbocycles. The van der Waals surface area contributed by atoms with Crippen LogP contribution in [0.4, 0.5) is 5.69 Å². The third-order valence-electron chi connectivity index (χ3n) is 6.81. The zero-order valence-electron chi connectivity index (χ0n) is 18.5. The maximum absolute atomic E-state index is 7.51. The van der Waals surface area contributed by atoms with Gasteiger partial charge in [-0.3, -0.25) is 0 Å². The van der Waals surface area contributed by atoms with Gasteiger partial charge in [0.2, 0.25) is 0 Å². The second kappa shape index (κ2) is 5.99. The number of rotatable bonds is 1. The van der Waals surface area contributed by atoms with E-state index in [4.69, 9.17) is 6.57 Å². The minimum absolute atomic E-state index is 0.694. The van der Waals surface area contributed by atoms with Crippen LogP contribution in [0.2, 0.25) is 17.3 Å². The van der Waals surface area contributed by atoms with Crippen LogP contribution >= 0.6 is 0 Å². The number of aryl methyl sites for hydroxylation is 2. The van der Waals surface area contributed by atoms with Gasteiger partial charge in [0.25, 0.3) is 0 Å². The molecule has 0 unspecified atom stereocenters. The first-order valence-corrected chi connectivity index (χ1v) is 18.1. The molecule has 0 spiro atoms. The summed E-state index contributed by atoms with van der Waals surface area (Å²) in [7, 11) is 2.15. The Morgan fingerprint density at radius 3 is 2.45 bits per heavy atom. The van der Waals surface area contributed by atoms with E-state index in [1.54, 1.807) is 0 Å². The number of hydrogen-bond donors (Lipinski definition) is 0. The summed E-state index contributed by atoms with van der Waals surface area (Å²) in [6, 6.07) is 17.8. The van der Waals surface area contributed by atoms with Crippen molar-refractivity contribution in [2.24, 2.45) is 7.05 Å². The van der Waals surface area contributed by atoms with E-state index in [0.717, 1.165) is 5.39 Å². The Morgan fingerprint density at radius 1 is 0.903 bits per heavy atom. The molecule has 0 amide bonds. The minimum atomic E-state index is -2.06. The third kappa shape index (κ3) is 2.37. The van der Waals surface area contributed by atoms with E-state index in [1.807, 2.05) is 6.07 Å². The predicted octanol–water partition coefficient (Wildman–Crippen LogP) is 6.22. The van der Waals surface area contributed by atoms with Gasteiger partial charge in [0, 0.05) is 0 Å². The number of aromatic nitrogens is 2. The number of pyridine rings is 2. The van der Waals surface area contributed by atoms with Gasteiger partial charge < -0.3 is 0 Å². The van der Waals surface area contributed by atoms with Crippen LogP contribution in [0.3, 0.4) is 0 Å². The number of nitrogens with zero attached hydrogens (tertiary/aromatic N) is 3. The van der Waals surface area contributed by atoms with Crippen LogP contribution in [0.25, 0.3) is 53.8 Å². The Hall–Kier alpha value is -3.10. The summed E-state index contributed by atoms with van der Waals surface area (Å²) in [5, 5.41) is 6.35. The molecule has 150 valence electrons. The van der Waals surface area contributed by atoms with Gasteiger partial charge in [0.15, 0.2) is 0 Å². The van der Waals surface area contributed by atoms with Crippen molar-refractivity contribution in [3.63, 3.8) is 0 Å². The molecule has 0 aliphatic rings. The molecule has 3 aromatic heterocycles. The van der Waals surface area contributed by atoms with Crippen LogP contribution in [0, 0.1) is 13.5 Å². The molecule has 0 atom stereocenters. The molecule has 4 heteroatoms. The monoisotopic (exact) mass is 464 g/mol. The Bertz CT molecular complexity index is 1740. The molecule has 0 fully saturated rings. The van der Waals surface area contributed by atoms with Gasteiger partial charge in [-0.15, -0.1) is 0 Å². The predicted molar refractivity (Wildman–Crippen MR) is 134 cm³/mol. The van der Waals surface area contributed by atoms with Crippen LogP contribution in [-0.2, 0) is 7.05 Å². The zero-order chi connectivity index (χ0) is 21.7. The quantitative estimate of drug-likeness (QED) is 0.0904. The number of hydrogen-bond acceptors (Lipinski definition) is 0. The van der Waals surface area contributed by atoms with Gasteiger partial charge in [-0.25, -0.2) is 0 Å². The van der Waals surface area contributed by atoms with E-state index < -0.39 is 13.3 Å². The number of fused-ring (bicyclic) bond motifs is 5. The molecule has 6 rings (SSSR count). The molecule has 0 aliphatic carbocycles. The van der Waals surface area contributed by atoms with Gasteiger partial charge in [-0.2, -0.15) is 0 Å². The van der Waals surface area contributed by atoms with E-state index >= 15 is 0 Å².